The van der Waals surface area contributed by atoms with Crippen molar-refractivity contribution >= 4 is 0 Å². The van der Waals surface area contributed by atoms with E-state index in [0.717, 1.165) is 5.56 Å². The van der Waals surface area contributed by atoms with E-state index in [2.05, 4.69) is 11.2 Å². The van der Waals surface area contributed by atoms with Crippen molar-refractivity contribution in [3.63, 3.8) is 0 Å². The van der Waals surface area contributed by atoms with E-state index in [1.807, 2.05) is 19.1 Å². The molecular formula is C11H13NO. The van der Waals surface area contributed by atoms with Gasteiger partial charge >= 0.3 is 0 Å². The Labute approximate surface area is 78.6 Å². The summed E-state index contributed by atoms with van der Waals surface area (Å²) >= 11 is 0. The van der Waals surface area contributed by atoms with Crippen LogP contribution in [0.5, 0.6) is 5.75 Å². The Morgan fingerprint density at radius 2 is 2.38 bits per heavy atom. The standard InChI is InChI=1S/C11H13NO/c1-3-7-12-9(2)10-5-4-6-11(13)8-10/h1,4-6,8-9,12-13H,7H2,2H3/t9-/m1/s1. The SMILES string of the molecule is C#CCN[C@H](C)c1cccc(O)c1. The van der Waals surface area contributed by atoms with Crippen molar-refractivity contribution < 1.29 is 5.11 Å². The zero-order valence-corrected chi connectivity index (χ0v) is 7.62. The summed E-state index contributed by atoms with van der Waals surface area (Å²) in [6.07, 6.45) is 5.12. The van der Waals surface area contributed by atoms with Gasteiger partial charge in [-0.3, -0.25) is 5.32 Å². The van der Waals surface area contributed by atoms with Gasteiger partial charge in [-0.2, -0.15) is 0 Å². The van der Waals surface area contributed by atoms with Gasteiger partial charge in [-0.15, -0.1) is 6.42 Å². The molecule has 0 aliphatic heterocycles. The number of phenols is 1. The first kappa shape index (κ1) is 9.63. The third-order valence-corrected chi connectivity index (χ3v) is 1.88. The molecule has 0 amide bonds. The van der Waals surface area contributed by atoms with Crippen LogP contribution in [0.25, 0.3) is 0 Å². The van der Waals surface area contributed by atoms with Gasteiger partial charge in [0, 0.05) is 6.04 Å². The summed E-state index contributed by atoms with van der Waals surface area (Å²) in [5, 5.41) is 12.3. The minimum atomic E-state index is 0.170. The molecule has 1 atom stereocenters. The molecule has 2 N–H and O–H groups in total. The van der Waals surface area contributed by atoms with Gasteiger partial charge in [0.05, 0.1) is 6.54 Å². The number of terminal acetylenes is 1. The first-order valence-corrected chi connectivity index (χ1v) is 4.20. The summed E-state index contributed by atoms with van der Waals surface area (Å²) in [6, 6.07) is 7.32. The molecule has 1 aromatic rings. The molecule has 0 radical (unpaired) electrons. The number of aromatic hydroxyl groups is 1. The molecule has 1 rings (SSSR count). The Hall–Kier alpha value is -1.46. The van der Waals surface area contributed by atoms with Crippen LogP contribution in [0.1, 0.15) is 18.5 Å². The second kappa shape index (κ2) is 4.54. The second-order valence-corrected chi connectivity index (χ2v) is 2.90. The Morgan fingerprint density at radius 3 is 3.00 bits per heavy atom. The van der Waals surface area contributed by atoms with Gasteiger partial charge in [-0.25, -0.2) is 0 Å². The maximum Gasteiger partial charge on any atom is 0.115 e. The zero-order chi connectivity index (χ0) is 9.68. The maximum atomic E-state index is 9.22. The van der Waals surface area contributed by atoms with E-state index in [-0.39, 0.29) is 11.8 Å². The molecule has 0 aliphatic rings. The number of hydrogen-bond donors (Lipinski definition) is 2. The molecule has 0 saturated heterocycles. The van der Waals surface area contributed by atoms with Crippen molar-refractivity contribution in [2.75, 3.05) is 6.54 Å². The first-order valence-electron chi connectivity index (χ1n) is 4.20. The molecule has 13 heavy (non-hydrogen) atoms. The molecule has 2 heteroatoms. The van der Waals surface area contributed by atoms with Crippen molar-refractivity contribution in [1.29, 1.82) is 0 Å². The molecule has 0 aromatic heterocycles. The van der Waals surface area contributed by atoms with E-state index in [9.17, 15) is 5.11 Å². The zero-order valence-electron chi connectivity index (χ0n) is 7.62. The quantitative estimate of drug-likeness (QED) is 0.685. The topological polar surface area (TPSA) is 32.3 Å². The number of hydrogen-bond acceptors (Lipinski definition) is 2. The van der Waals surface area contributed by atoms with Crippen molar-refractivity contribution in [2.24, 2.45) is 0 Å². The van der Waals surface area contributed by atoms with E-state index < -0.39 is 0 Å². The van der Waals surface area contributed by atoms with Crippen LogP contribution < -0.4 is 5.32 Å². The molecule has 0 saturated carbocycles. The van der Waals surface area contributed by atoms with Crippen LogP contribution in [0, 0.1) is 12.3 Å². The predicted octanol–water partition coefficient (Wildman–Crippen LogP) is 1.68. The lowest BCUT2D eigenvalue weighted by Crippen LogP contribution is -2.18. The average molecular weight is 175 g/mol. The van der Waals surface area contributed by atoms with Crippen LogP contribution in [0.15, 0.2) is 24.3 Å². The molecular weight excluding hydrogens is 162 g/mol. The van der Waals surface area contributed by atoms with Gasteiger partial charge in [0.1, 0.15) is 5.75 Å². The fourth-order valence-corrected chi connectivity index (χ4v) is 1.12. The Morgan fingerprint density at radius 1 is 1.62 bits per heavy atom. The lowest BCUT2D eigenvalue weighted by atomic mass is 10.1. The smallest absolute Gasteiger partial charge is 0.115 e. The maximum absolute atomic E-state index is 9.22. The Balaban J connectivity index is 2.66. The molecule has 68 valence electrons. The Bertz CT molecular complexity index is 314. The van der Waals surface area contributed by atoms with Crippen LogP contribution in [0.4, 0.5) is 0 Å². The second-order valence-electron chi connectivity index (χ2n) is 2.90. The van der Waals surface area contributed by atoms with E-state index in [0.29, 0.717) is 6.54 Å². The molecule has 0 heterocycles. The molecule has 1 aromatic carbocycles. The monoisotopic (exact) mass is 175 g/mol. The summed E-state index contributed by atoms with van der Waals surface area (Å²) in [5.74, 6) is 2.79. The fourth-order valence-electron chi connectivity index (χ4n) is 1.12. The first-order chi connectivity index (χ1) is 6.24. The normalized spacial score (nSPS) is 12.0. The predicted molar refractivity (Wildman–Crippen MR) is 53.4 cm³/mol. The molecule has 0 bridgehead atoms. The van der Waals surface area contributed by atoms with Gasteiger partial charge in [0.2, 0.25) is 0 Å². The summed E-state index contributed by atoms with van der Waals surface area (Å²) in [4.78, 5) is 0. The summed E-state index contributed by atoms with van der Waals surface area (Å²) in [7, 11) is 0. The third-order valence-electron chi connectivity index (χ3n) is 1.88. The minimum absolute atomic E-state index is 0.170. The van der Waals surface area contributed by atoms with Crippen LogP contribution >= 0.6 is 0 Å². The molecule has 0 spiro atoms. The van der Waals surface area contributed by atoms with Gasteiger partial charge in [0.15, 0.2) is 0 Å². The van der Waals surface area contributed by atoms with Crippen LogP contribution in [0.3, 0.4) is 0 Å². The third kappa shape index (κ3) is 2.81. The van der Waals surface area contributed by atoms with E-state index >= 15 is 0 Å². The highest BCUT2D eigenvalue weighted by atomic mass is 16.3. The summed E-state index contributed by atoms with van der Waals surface area (Å²) < 4.78 is 0. The molecule has 2 nitrogen and oxygen atoms in total. The van der Waals surface area contributed by atoms with Crippen LogP contribution in [0.2, 0.25) is 0 Å². The van der Waals surface area contributed by atoms with Crippen LogP contribution in [-0.4, -0.2) is 11.7 Å². The minimum Gasteiger partial charge on any atom is -0.508 e. The summed E-state index contributed by atoms with van der Waals surface area (Å²) in [5.41, 5.74) is 1.04. The Kier molecular flexibility index (Phi) is 3.36. The molecule has 0 unspecified atom stereocenters. The molecule has 0 aliphatic carbocycles. The number of rotatable bonds is 3. The highest BCUT2D eigenvalue weighted by molar-refractivity contribution is 5.29. The highest BCUT2D eigenvalue weighted by Crippen LogP contribution is 2.17. The van der Waals surface area contributed by atoms with Gasteiger partial charge in [-0.05, 0) is 24.6 Å². The molecule has 0 fully saturated rings. The number of nitrogens with one attached hydrogen (secondary N) is 1. The van der Waals surface area contributed by atoms with E-state index in [1.54, 1.807) is 12.1 Å². The van der Waals surface area contributed by atoms with Gasteiger partial charge in [-0.1, -0.05) is 18.1 Å². The van der Waals surface area contributed by atoms with Crippen molar-refractivity contribution in [1.82, 2.24) is 5.32 Å². The van der Waals surface area contributed by atoms with Crippen LogP contribution in [-0.2, 0) is 0 Å². The van der Waals surface area contributed by atoms with Crippen molar-refractivity contribution in [3.05, 3.63) is 29.8 Å². The van der Waals surface area contributed by atoms with Crippen molar-refractivity contribution in [3.8, 4) is 18.1 Å². The van der Waals surface area contributed by atoms with Crippen molar-refractivity contribution in [2.45, 2.75) is 13.0 Å². The lowest BCUT2D eigenvalue weighted by molar-refractivity contribution is 0.473. The lowest BCUT2D eigenvalue weighted by Gasteiger charge is -2.11. The largest absolute Gasteiger partial charge is 0.508 e. The number of benzene rings is 1. The van der Waals surface area contributed by atoms with E-state index in [4.69, 9.17) is 6.42 Å². The number of phenolic OH excluding ortho intramolecular Hbond substituents is 1. The fraction of sp³-hybridized carbons (Fsp3) is 0.273. The van der Waals surface area contributed by atoms with Gasteiger partial charge < -0.3 is 5.11 Å². The van der Waals surface area contributed by atoms with Gasteiger partial charge in [0.25, 0.3) is 0 Å². The average Bonchev–Trinajstić information content (AvgIpc) is 2.14. The van der Waals surface area contributed by atoms with E-state index in [1.165, 1.54) is 0 Å². The highest BCUT2D eigenvalue weighted by Gasteiger charge is 2.03. The summed E-state index contributed by atoms with van der Waals surface area (Å²) in [6.45, 7) is 2.54.